The van der Waals surface area contributed by atoms with Crippen molar-refractivity contribution in [2.45, 2.75) is 13.2 Å². The van der Waals surface area contributed by atoms with Gasteiger partial charge in [-0.3, -0.25) is 9.59 Å². The number of benzene rings is 3. The van der Waals surface area contributed by atoms with Crippen molar-refractivity contribution in [2.75, 3.05) is 0 Å². The van der Waals surface area contributed by atoms with Crippen LogP contribution in [-0.4, -0.2) is 5.91 Å². The van der Waals surface area contributed by atoms with E-state index < -0.39 is 5.91 Å². The van der Waals surface area contributed by atoms with Crippen molar-refractivity contribution in [2.24, 2.45) is 0 Å². The number of carbonyl (C=O) groups is 1. The lowest BCUT2D eigenvalue weighted by Gasteiger charge is -2.09. The molecule has 5 nitrogen and oxygen atoms in total. The van der Waals surface area contributed by atoms with Crippen LogP contribution in [0, 0.1) is 5.82 Å². The van der Waals surface area contributed by atoms with E-state index in [4.69, 9.17) is 9.15 Å². The maximum absolute atomic E-state index is 13.6. The number of halogens is 1. The molecule has 4 aromatic rings. The van der Waals surface area contributed by atoms with Gasteiger partial charge in [0.15, 0.2) is 11.2 Å². The second-order valence-corrected chi connectivity index (χ2v) is 6.68. The first kappa shape index (κ1) is 19.4. The molecule has 1 amide bonds. The Morgan fingerprint density at radius 3 is 2.50 bits per heavy atom. The van der Waals surface area contributed by atoms with Crippen LogP contribution in [0.3, 0.4) is 0 Å². The Morgan fingerprint density at radius 1 is 0.967 bits per heavy atom. The Morgan fingerprint density at radius 2 is 1.70 bits per heavy atom. The molecule has 0 atom stereocenters. The van der Waals surface area contributed by atoms with Gasteiger partial charge in [0.1, 0.15) is 23.8 Å². The van der Waals surface area contributed by atoms with Crippen LogP contribution in [-0.2, 0) is 13.2 Å². The molecule has 4 rings (SSSR count). The number of hydrogen-bond acceptors (Lipinski definition) is 4. The fraction of sp³-hybridized carbons (Fsp3) is 0.0833. The highest BCUT2D eigenvalue weighted by atomic mass is 19.1. The van der Waals surface area contributed by atoms with Crippen LogP contribution in [0.4, 0.5) is 4.39 Å². The number of carbonyl (C=O) groups excluding carboxylic acids is 1. The smallest absolute Gasteiger partial charge is 0.287 e. The number of amides is 1. The van der Waals surface area contributed by atoms with E-state index in [0.717, 1.165) is 5.56 Å². The number of rotatable bonds is 6. The lowest BCUT2D eigenvalue weighted by atomic mass is 10.2. The molecule has 0 saturated heterocycles. The van der Waals surface area contributed by atoms with Crippen LogP contribution in [0.25, 0.3) is 11.0 Å². The zero-order valence-electron chi connectivity index (χ0n) is 15.9. The summed E-state index contributed by atoms with van der Waals surface area (Å²) in [6.07, 6.45) is 0. The molecule has 0 saturated carbocycles. The summed E-state index contributed by atoms with van der Waals surface area (Å²) in [7, 11) is 0. The van der Waals surface area contributed by atoms with E-state index in [1.54, 1.807) is 66.7 Å². The molecule has 1 heterocycles. The third-order valence-corrected chi connectivity index (χ3v) is 4.59. The van der Waals surface area contributed by atoms with Crippen LogP contribution in [0.2, 0.25) is 0 Å². The summed E-state index contributed by atoms with van der Waals surface area (Å²) in [5, 5.41) is 3.16. The fourth-order valence-corrected chi connectivity index (χ4v) is 2.97. The first-order valence-electron chi connectivity index (χ1n) is 9.36. The Labute approximate surface area is 171 Å². The summed E-state index contributed by atoms with van der Waals surface area (Å²) in [5.41, 5.74) is 1.42. The third kappa shape index (κ3) is 4.38. The van der Waals surface area contributed by atoms with Crippen molar-refractivity contribution < 1.29 is 18.3 Å². The van der Waals surface area contributed by atoms with Gasteiger partial charge < -0.3 is 14.5 Å². The lowest BCUT2D eigenvalue weighted by molar-refractivity contribution is 0.0923. The summed E-state index contributed by atoms with van der Waals surface area (Å²) in [6.45, 7) is 0.382. The first-order chi connectivity index (χ1) is 14.6. The molecule has 0 aliphatic carbocycles. The maximum Gasteiger partial charge on any atom is 0.287 e. The van der Waals surface area contributed by atoms with E-state index in [0.29, 0.717) is 22.3 Å². The Balaban J connectivity index is 1.36. The topological polar surface area (TPSA) is 68.5 Å². The Kier molecular flexibility index (Phi) is 5.57. The normalized spacial score (nSPS) is 10.7. The largest absolute Gasteiger partial charge is 0.489 e. The van der Waals surface area contributed by atoms with Crippen LogP contribution >= 0.6 is 0 Å². The summed E-state index contributed by atoms with van der Waals surface area (Å²) in [5.74, 6) is -0.229. The van der Waals surface area contributed by atoms with Gasteiger partial charge in [-0.2, -0.15) is 0 Å². The van der Waals surface area contributed by atoms with Gasteiger partial charge in [0, 0.05) is 18.2 Å². The van der Waals surface area contributed by atoms with Gasteiger partial charge in [0.25, 0.3) is 5.91 Å². The lowest BCUT2D eigenvalue weighted by Crippen LogP contribution is -2.24. The zero-order valence-corrected chi connectivity index (χ0v) is 15.9. The van der Waals surface area contributed by atoms with Crippen LogP contribution in [0.15, 0.2) is 88.1 Å². The molecule has 0 radical (unpaired) electrons. The van der Waals surface area contributed by atoms with Crippen molar-refractivity contribution in [3.8, 4) is 5.75 Å². The molecule has 0 aliphatic rings. The van der Waals surface area contributed by atoms with E-state index in [-0.39, 0.29) is 30.2 Å². The SMILES string of the molecule is O=C(NCc1ccc(OCc2ccccc2F)cc1)c1cc(=O)c2ccccc2o1. The minimum Gasteiger partial charge on any atom is -0.489 e. The minimum absolute atomic E-state index is 0.0384. The average molecular weight is 403 g/mol. The molecule has 3 aromatic carbocycles. The highest BCUT2D eigenvalue weighted by Crippen LogP contribution is 2.16. The highest BCUT2D eigenvalue weighted by molar-refractivity contribution is 5.93. The molecule has 150 valence electrons. The van der Waals surface area contributed by atoms with E-state index in [2.05, 4.69) is 5.32 Å². The van der Waals surface area contributed by atoms with Gasteiger partial charge in [-0.05, 0) is 35.9 Å². The molecule has 6 heteroatoms. The quantitative estimate of drug-likeness (QED) is 0.517. The van der Waals surface area contributed by atoms with Crippen molar-refractivity contribution in [3.63, 3.8) is 0 Å². The molecule has 0 bridgehead atoms. The maximum atomic E-state index is 13.6. The summed E-state index contributed by atoms with van der Waals surface area (Å²) in [4.78, 5) is 24.5. The molecular formula is C24H18FNO4. The number of nitrogens with one attached hydrogen (secondary N) is 1. The van der Waals surface area contributed by atoms with E-state index >= 15 is 0 Å². The third-order valence-electron chi connectivity index (χ3n) is 4.59. The average Bonchev–Trinajstić information content (AvgIpc) is 2.77. The van der Waals surface area contributed by atoms with Crippen LogP contribution in [0.5, 0.6) is 5.75 Å². The second kappa shape index (κ2) is 8.61. The molecule has 1 N–H and O–H groups in total. The summed E-state index contributed by atoms with van der Waals surface area (Å²) < 4.78 is 24.8. The fourth-order valence-electron chi connectivity index (χ4n) is 2.97. The Bertz CT molecular complexity index is 1250. The van der Waals surface area contributed by atoms with Gasteiger partial charge in [-0.1, -0.05) is 42.5 Å². The minimum atomic E-state index is -0.474. The predicted octanol–water partition coefficient (Wildman–Crippen LogP) is 4.44. The van der Waals surface area contributed by atoms with Gasteiger partial charge in [0.05, 0.1) is 5.39 Å². The van der Waals surface area contributed by atoms with Crippen LogP contribution in [0.1, 0.15) is 21.7 Å². The number of para-hydroxylation sites is 1. The second-order valence-electron chi connectivity index (χ2n) is 6.68. The van der Waals surface area contributed by atoms with E-state index in [1.807, 2.05) is 0 Å². The zero-order chi connectivity index (χ0) is 20.9. The number of fused-ring (bicyclic) bond motifs is 1. The van der Waals surface area contributed by atoms with Gasteiger partial charge in [-0.15, -0.1) is 0 Å². The molecule has 30 heavy (non-hydrogen) atoms. The van der Waals surface area contributed by atoms with Crippen molar-refractivity contribution in [3.05, 3.63) is 112 Å². The molecule has 0 fully saturated rings. The van der Waals surface area contributed by atoms with E-state index in [9.17, 15) is 14.0 Å². The predicted molar refractivity (Wildman–Crippen MR) is 111 cm³/mol. The number of ether oxygens (including phenoxy) is 1. The highest BCUT2D eigenvalue weighted by Gasteiger charge is 2.12. The molecule has 0 unspecified atom stereocenters. The Hall–Kier alpha value is -3.93. The monoisotopic (exact) mass is 403 g/mol. The number of hydrogen-bond donors (Lipinski definition) is 1. The van der Waals surface area contributed by atoms with Crippen molar-refractivity contribution in [1.29, 1.82) is 0 Å². The van der Waals surface area contributed by atoms with E-state index in [1.165, 1.54) is 12.1 Å². The molecule has 0 spiro atoms. The molecular weight excluding hydrogens is 385 g/mol. The van der Waals surface area contributed by atoms with Crippen molar-refractivity contribution in [1.82, 2.24) is 5.32 Å². The summed E-state index contributed by atoms with van der Waals surface area (Å²) in [6, 6.07) is 21.5. The van der Waals surface area contributed by atoms with Crippen LogP contribution < -0.4 is 15.5 Å². The standard InChI is InChI=1S/C24H18FNO4/c25-20-7-3-1-5-17(20)15-29-18-11-9-16(10-12-18)14-26-24(28)23-13-21(27)19-6-2-4-8-22(19)30-23/h1-13H,14-15H2,(H,26,28). The van der Waals surface area contributed by atoms with Gasteiger partial charge >= 0.3 is 0 Å². The molecule has 1 aromatic heterocycles. The van der Waals surface area contributed by atoms with Crippen molar-refractivity contribution >= 4 is 16.9 Å². The summed E-state index contributed by atoms with van der Waals surface area (Å²) >= 11 is 0. The first-order valence-corrected chi connectivity index (χ1v) is 9.36. The van der Waals surface area contributed by atoms with Gasteiger partial charge in [0.2, 0.25) is 0 Å². The molecule has 0 aliphatic heterocycles. The van der Waals surface area contributed by atoms with Gasteiger partial charge in [-0.25, -0.2) is 4.39 Å².